The number of pyridine rings is 1. The zero-order valence-corrected chi connectivity index (χ0v) is 18.8. The number of carbonyl (C=O) groups is 1. The van der Waals surface area contributed by atoms with Crippen molar-refractivity contribution >= 4 is 28.1 Å². The Morgan fingerprint density at radius 3 is 2.53 bits per heavy atom. The summed E-state index contributed by atoms with van der Waals surface area (Å²) in [5, 5.41) is 3.50. The van der Waals surface area contributed by atoms with E-state index in [1.165, 1.54) is 16.5 Å². The van der Waals surface area contributed by atoms with Gasteiger partial charge >= 0.3 is 0 Å². The number of piperazine rings is 1. The molecular weight excluding hydrogens is 433 g/mol. The summed E-state index contributed by atoms with van der Waals surface area (Å²) in [6.07, 6.45) is 2.46. The maximum atomic E-state index is 13.1. The largest absolute Gasteiger partial charge is 0.369 e. The lowest BCUT2D eigenvalue weighted by Gasteiger charge is -2.36. The minimum atomic E-state index is -0.235. The number of nitrogens with one attached hydrogen (secondary N) is 1. The van der Waals surface area contributed by atoms with E-state index in [2.05, 4.69) is 20.1 Å². The van der Waals surface area contributed by atoms with Gasteiger partial charge in [-0.3, -0.25) is 18.9 Å². The number of aromatic nitrogens is 2. The zero-order valence-electron chi connectivity index (χ0n) is 18.8. The molecule has 1 saturated heterocycles. The number of hydrogen-bond donors (Lipinski definition) is 1. The van der Waals surface area contributed by atoms with Crippen LogP contribution >= 0.6 is 0 Å². The van der Waals surface area contributed by atoms with Crippen LogP contribution in [0, 0.1) is 5.82 Å². The molecule has 0 spiro atoms. The number of anilines is 1. The normalized spacial score (nSPS) is 14.6. The van der Waals surface area contributed by atoms with Crippen molar-refractivity contribution in [3.63, 3.8) is 0 Å². The Hall–Kier alpha value is -3.78. The van der Waals surface area contributed by atoms with Crippen molar-refractivity contribution in [1.29, 1.82) is 0 Å². The first-order chi connectivity index (χ1) is 16.6. The van der Waals surface area contributed by atoms with Crippen LogP contribution in [0.2, 0.25) is 0 Å². The fraction of sp³-hybridized carbons (Fsp3) is 0.269. The van der Waals surface area contributed by atoms with Gasteiger partial charge in [-0.2, -0.15) is 0 Å². The van der Waals surface area contributed by atoms with Gasteiger partial charge in [0.05, 0.1) is 16.5 Å². The second-order valence-corrected chi connectivity index (χ2v) is 8.46. The summed E-state index contributed by atoms with van der Waals surface area (Å²) in [5.74, 6) is -0.453. The standard InChI is InChI=1S/C26H26FN5O2/c27-19-8-10-20(11-9-19)31-17-15-30(16-18-31)13-4-12-28-25(33)22-6-3-14-32-24(22)29-23-7-2-1-5-21(23)26(32)34/h1-3,5-11,14H,4,12-13,15-18H2,(H,28,33). The van der Waals surface area contributed by atoms with Gasteiger partial charge in [0.1, 0.15) is 5.82 Å². The third-order valence-corrected chi connectivity index (χ3v) is 6.29. The maximum Gasteiger partial charge on any atom is 0.265 e. The second kappa shape index (κ2) is 9.61. The van der Waals surface area contributed by atoms with E-state index in [0.29, 0.717) is 28.7 Å². The second-order valence-electron chi connectivity index (χ2n) is 8.46. The smallest absolute Gasteiger partial charge is 0.265 e. The topological polar surface area (TPSA) is 70.0 Å². The van der Waals surface area contributed by atoms with Gasteiger partial charge in [0.2, 0.25) is 0 Å². The number of hydrogen-bond acceptors (Lipinski definition) is 5. The lowest BCUT2D eigenvalue weighted by molar-refractivity contribution is 0.0952. The highest BCUT2D eigenvalue weighted by Gasteiger charge is 2.18. The van der Waals surface area contributed by atoms with Gasteiger partial charge in [-0.1, -0.05) is 12.1 Å². The van der Waals surface area contributed by atoms with Crippen molar-refractivity contribution < 1.29 is 9.18 Å². The Bertz CT molecular complexity index is 1380. The van der Waals surface area contributed by atoms with Gasteiger partial charge in [0, 0.05) is 44.6 Å². The van der Waals surface area contributed by atoms with Crippen molar-refractivity contribution in [2.45, 2.75) is 6.42 Å². The van der Waals surface area contributed by atoms with E-state index in [4.69, 9.17) is 0 Å². The maximum absolute atomic E-state index is 13.1. The van der Waals surface area contributed by atoms with E-state index in [0.717, 1.165) is 44.8 Å². The van der Waals surface area contributed by atoms with E-state index in [-0.39, 0.29) is 17.3 Å². The third kappa shape index (κ3) is 4.49. The summed E-state index contributed by atoms with van der Waals surface area (Å²) in [6, 6.07) is 17.2. The molecule has 5 rings (SSSR count). The summed E-state index contributed by atoms with van der Waals surface area (Å²) in [6.45, 7) is 5.05. The van der Waals surface area contributed by atoms with Crippen LogP contribution in [0.5, 0.6) is 0 Å². The molecule has 34 heavy (non-hydrogen) atoms. The summed E-state index contributed by atoms with van der Waals surface area (Å²) in [4.78, 5) is 34.9. The SMILES string of the molecule is O=C(NCCCN1CCN(c2ccc(F)cc2)CC1)c1cccn2c(=O)c3ccccc3nc12. The molecule has 0 unspecified atom stereocenters. The molecule has 0 atom stereocenters. The monoisotopic (exact) mass is 459 g/mol. The molecule has 3 heterocycles. The number of amides is 1. The predicted octanol–water partition coefficient (Wildman–Crippen LogP) is 2.93. The van der Waals surface area contributed by atoms with Crippen LogP contribution in [0.3, 0.4) is 0 Å². The molecule has 4 aromatic rings. The van der Waals surface area contributed by atoms with Crippen molar-refractivity contribution in [2.75, 3.05) is 44.2 Å². The lowest BCUT2D eigenvalue weighted by Crippen LogP contribution is -2.47. The quantitative estimate of drug-likeness (QED) is 0.355. The van der Waals surface area contributed by atoms with Gasteiger partial charge in [-0.15, -0.1) is 0 Å². The minimum absolute atomic E-state index is 0.185. The first-order valence-electron chi connectivity index (χ1n) is 11.5. The Labute approximate surface area is 196 Å². The van der Waals surface area contributed by atoms with Crippen LogP contribution in [0.4, 0.5) is 10.1 Å². The first-order valence-corrected chi connectivity index (χ1v) is 11.5. The summed E-state index contributed by atoms with van der Waals surface area (Å²) in [7, 11) is 0. The number of rotatable bonds is 6. The molecule has 7 nitrogen and oxygen atoms in total. The molecule has 2 aromatic heterocycles. The summed E-state index contributed by atoms with van der Waals surface area (Å²) >= 11 is 0. The van der Waals surface area contributed by atoms with Crippen LogP contribution in [0.15, 0.2) is 71.7 Å². The fourth-order valence-corrected chi connectivity index (χ4v) is 4.43. The highest BCUT2D eigenvalue weighted by atomic mass is 19.1. The van der Waals surface area contributed by atoms with Gasteiger partial charge in [-0.05, 0) is 61.5 Å². The zero-order chi connectivity index (χ0) is 23.5. The number of para-hydroxylation sites is 1. The number of carbonyl (C=O) groups excluding carboxylic acids is 1. The van der Waals surface area contributed by atoms with E-state index in [1.54, 1.807) is 36.5 Å². The molecule has 0 bridgehead atoms. The average Bonchev–Trinajstić information content (AvgIpc) is 2.87. The Balaban J connectivity index is 1.16. The molecular formula is C26H26FN5O2. The van der Waals surface area contributed by atoms with Crippen LogP contribution in [0.25, 0.3) is 16.6 Å². The van der Waals surface area contributed by atoms with Crippen LogP contribution < -0.4 is 15.8 Å². The molecule has 8 heteroatoms. The molecule has 0 aliphatic carbocycles. The molecule has 1 fully saturated rings. The predicted molar refractivity (Wildman–Crippen MR) is 131 cm³/mol. The van der Waals surface area contributed by atoms with Crippen molar-refractivity contribution in [2.24, 2.45) is 0 Å². The number of fused-ring (bicyclic) bond motifs is 2. The van der Waals surface area contributed by atoms with Gasteiger partial charge in [-0.25, -0.2) is 9.37 Å². The molecule has 1 amide bonds. The molecule has 1 aliphatic heterocycles. The van der Waals surface area contributed by atoms with Crippen LogP contribution in [-0.2, 0) is 0 Å². The number of benzene rings is 2. The highest BCUT2D eigenvalue weighted by Crippen LogP contribution is 2.17. The van der Waals surface area contributed by atoms with Gasteiger partial charge in [0.25, 0.3) is 11.5 Å². The van der Waals surface area contributed by atoms with Gasteiger partial charge in [0.15, 0.2) is 5.65 Å². The molecule has 1 aliphatic rings. The first kappa shape index (κ1) is 22.0. The highest BCUT2D eigenvalue weighted by molar-refractivity contribution is 6.00. The Morgan fingerprint density at radius 2 is 1.74 bits per heavy atom. The Morgan fingerprint density at radius 1 is 0.971 bits per heavy atom. The van der Waals surface area contributed by atoms with E-state index < -0.39 is 0 Å². The molecule has 1 N–H and O–H groups in total. The molecule has 2 aromatic carbocycles. The lowest BCUT2D eigenvalue weighted by atomic mass is 10.2. The molecule has 0 saturated carbocycles. The van der Waals surface area contributed by atoms with Crippen molar-refractivity contribution in [3.8, 4) is 0 Å². The van der Waals surface area contributed by atoms with Gasteiger partial charge < -0.3 is 10.2 Å². The number of halogens is 1. The minimum Gasteiger partial charge on any atom is -0.369 e. The average molecular weight is 460 g/mol. The van der Waals surface area contributed by atoms with E-state index in [1.807, 2.05) is 18.2 Å². The van der Waals surface area contributed by atoms with E-state index >= 15 is 0 Å². The number of nitrogens with zero attached hydrogens (tertiary/aromatic N) is 4. The van der Waals surface area contributed by atoms with Crippen LogP contribution in [0.1, 0.15) is 16.8 Å². The van der Waals surface area contributed by atoms with Crippen molar-refractivity contribution in [3.05, 3.63) is 88.6 Å². The van der Waals surface area contributed by atoms with Crippen LogP contribution in [-0.4, -0.2) is 59.5 Å². The summed E-state index contributed by atoms with van der Waals surface area (Å²) in [5.41, 5.74) is 2.19. The Kier molecular flexibility index (Phi) is 6.22. The summed E-state index contributed by atoms with van der Waals surface area (Å²) < 4.78 is 14.6. The van der Waals surface area contributed by atoms with Crippen molar-refractivity contribution in [1.82, 2.24) is 19.6 Å². The third-order valence-electron chi connectivity index (χ3n) is 6.29. The molecule has 0 radical (unpaired) electrons. The molecule has 174 valence electrons. The fourth-order valence-electron chi connectivity index (χ4n) is 4.43. The van der Waals surface area contributed by atoms with E-state index in [9.17, 15) is 14.0 Å².